The third-order valence-corrected chi connectivity index (χ3v) is 7.68. The van der Waals surface area contributed by atoms with E-state index in [-0.39, 0.29) is 23.7 Å². The topological polar surface area (TPSA) is 113 Å². The number of Topliss-reactive ketones (excluding diaryl/α,β-unsaturated/α-hetero) is 1. The maximum absolute atomic E-state index is 13.3. The van der Waals surface area contributed by atoms with Gasteiger partial charge in [0.25, 0.3) is 5.56 Å². The van der Waals surface area contributed by atoms with Crippen LogP contribution in [0, 0.1) is 0 Å². The van der Waals surface area contributed by atoms with E-state index in [2.05, 4.69) is 9.97 Å². The lowest BCUT2D eigenvalue weighted by Gasteiger charge is -2.14. The van der Waals surface area contributed by atoms with Crippen molar-refractivity contribution >= 4 is 44.9 Å². The van der Waals surface area contributed by atoms with Gasteiger partial charge in [-0.25, -0.2) is 14.8 Å². The number of carbonyl (C=O) groups excluding carboxylic acids is 1. The number of ketones is 1. The third-order valence-electron chi connectivity index (χ3n) is 5.81. The standard InChI is InChI=1S/C26H21N5O3S2/c1-30-25(33)21(22(27)31(26(30)34)12-16-8-4-2-5-9-16)19(32)14-36-24-20-18(17-10-6-3-7-11-17)13-35-23(20)28-15-29-24/h2-11,13,15H,12,14,27H2,1H3. The van der Waals surface area contributed by atoms with Gasteiger partial charge < -0.3 is 5.73 Å². The average molecular weight is 516 g/mol. The molecular weight excluding hydrogens is 494 g/mol. The minimum absolute atomic E-state index is 0.0703. The predicted octanol–water partition coefficient (Wildman–Crippen LogP) is 3.82. The van der Waals surface area contributed by atoms with Crippen LogP contribution in [-0.2, 0) is 13.6 Å². The van der Waals surface area contributed by atoms with Crippen molar-refractivity contribution in [3.05, 3.63) is 104 Å². The van der Waals surface area contributed by atoms with Gasteiger partial charge in [0.15, 0.2) is 5.78 Å². The quantitative estimate of drug-likeness (QED) is 0.199. The third kappa shape index (κ3) is 4.36. The lowest BCUT2D eigenvalue weighted by Crippen LogP contribution is -2.43. The first-order valence-electron chi connectivity index (χ1n) is 11.0. The van der Waals surface area contributed by atoms with E-state index in [4.69, 9.17) is 5.73 Å². The van der Waals surface area contributed by atoms with Gasteiger partial charge in [0.05, 0.1) is 17.7 Å². The fourth-order valence-corrected chi connectivity index (χ4v) is 5.82. The van der Waals surface area contributed by atoms with E-state index in [1.807, 2.05) is 66.0 Å². The van der Waals surface area contributed by atoms with E-state index < -0.39 is 17.0 Å². The number of nitrogens with zero attached hydrogens (tertiary/aromatic N) is 4. The molecule has 0 atom stereocenters. The molecule has 5 rings (SSSR count). The Balaban J connectivity index is 1.49. The molecule has 2 N–H and O–H groups in total. The first-order chi connectivity index (χ1) is 17.5. The molecule has 0 aliphatic heterocycles. The molecule has 0 fully saturated rings. The number of benzene rings is 2. The molecule has 2 aromatic carbocycles. The molecule has 0 saturated carbocycles. The van der Waals surface area contributed by atoms with Gasteiger partial charge >= 0.3 is 5.69 Å². The number of carbonyl (C=O) groups is 1. The van der Waals surface area contributed by atoms with Crippen molar-refractivity contribution < 1.29 is 4.79 Å². The number of hydrogen-bond donors (Lipinski definition) is 1. The van der Waals surface area contributed by atoms with Crippen LogP contribution in [0.1, 0.15) is 15.9 Å². The van der Waals surface area contributed by atoms with Crippen LogP contribution in [0.5, 0.6) is 0 Å². The molecule has 0 spiro atoms. The summed E-state index contributed by atoms with van der Waals surface area (Å²) in [5, 5.41) is 3.52. The monoisotopic (exact) mass is 515 g/mol. The van der Waals surface area contributed by atoms with Gasteiger partial charge in [0.2, 0.25) is 0 Å². The maximum Gasteiger partial charge on any atom is 0.332 e. The van der Waals surface area contributed by atoms with Gasteiger partial charge in [-0.2, -0.15) is 0 Å². The van der Waals surface area contributed by atoms with Crippen molar-refractivity contribution in [1.82, 2.24) is 19.1 Å². The maximum atomic E-state index is 13.3. The minimum Gasteiger partial charge on any atom is -0.384 e. The van der Waals surface area contributed by atoms with E-state index in [1.54, 1.807) is 0 Å². The van der Waals surface area contributed by atoms with Crippen LogP contribution in [0.15, 0.2) is 87.0 Å². The molecule has 180 valence electrons. The van der Waals surface area contributed by atoms with Crippen molar-refractivity contribution in [3.63, 3.8) is 0 Å². The van der Waals surface area contributed by atoms with E-state index in [0.29, 0.717) is 5.03 Å². The van der Waals surface area contributed by atoms with Gasteiger partial charge in [-0.1, -0.05) is 72.4 Å². The SMILES string of the molecule is Cn1c(=O)c(C(=O)CSc2ncnc3scc(-c4ccccc4)c23)c(N)n(Cc2ccccc2)c1=O. The Kier molecular flexibility index (Phi) is 6.53. The van der Waals surface area contributed by atoms with Crippen LogP contribution in [0.3, 0.4) is 0 Å². The van der Waals surface area contributed by atoms with Gasteiger partial charge in [-0.3, -0.25) is 18.7 Å². The summed E-state index contributed by atoms with van der Waals surface area (Å²) in [5.74, 6) is -0.673. The molecule has 0 radical (unpaired) electrons. The molecule has 5 aromatic rings. The minimum atomic E-state index is -0.708. The second-order valence-electron chi connectivity index (χ2n) is 8.06. The molecule has 0 aliphatic rings. The first-order valence-corrected chi connectivity index (χ1v) is 12.9. The molecule has 0 saturated heterocycles. The lowest BCUT2D eigenvalue weighted by atomic mass is 10.1. The fourth-order valence-electron chi connectivity index (χ4n) is 3.96. The number of rotatable bonds is 7. The number of nitrogen functional groups attached to an aromatic ring is 1. The second kappa shape index (κ2) is 9.92. The van der Waals surface area contributed by atoms with E-state index in [0.717, 1.165) is 31.5 Å². The highest BCUT2D eigenvalue weighted by atomic mass is 32.2. The zero-order chi connectivity index (χ0) is 25.2. The van der Waals surface area contributed by atoms with E-state index in [9.17, 15) is 14.4 Å². The highest BCUT2D eigenvalue weighted by molar-refractivity contribution is 8.00. The summed E-state index contributed by atoms with van der Waals surface area (Å²) in [6.45, 7) is 0.148. The zero-order valence-corrected chi connectivity index (χ0v) is 20.9. The van der Waals surface area contributed by atoms with Crippen LogP contribution in [0.2, 0.25) is 0 Å². The number of thioether (sulfide) groups is 1. The summed E-state index contributed by atoms with van der Waals surface area (Å²) in [4.78, 5) is 48.6. The van der Waals surface area contributed by atoms with Crippen molar-refractivity contribution in [2.75, 3.05) is 11.5 Å². The molecule has 36 heavy (non-hydrogen) atoms. The first kappa shape index (κ1) is 23.7. The van der Waals surface area contributed by atoms with Crippen LogP contribution >= 0.6 is 23.1 Å². The van der Waals surface area contributed by atoms with Crippen LogP contribution in [-0.4, -0.2) is 30.6 Å². The van der Waals surface area contributed by atoms with Crippen molar-refractivity contribution in [2.24, 2.45) is 7.05 Å². The Bertz CT molecular complexity index is 1690. The number of fused-ring (bicyclic) bond motifs is 1. The number of thiophene rings is 1. The lowest BCUT2D eigenvalue weighted by molar-refractivity contribution is 0.102. The van der Waals surface area contributed by atoms with Gasteiger partial charge in [0.1, 0.15) is 27.6 Å². The zero-order valence-electron chi connectivity index (χ0n) is 19.2. The normalized spacial score (nSPS) is 11.1. The molecule has 0 unspecified atom stereocenters. The highest BCUT2D eigenvalue weighted by Gasteiger charge is 2.23. The molecule has 0 aliphatic carbocycles. The Morgan fingerprint density at radius 2 is 1.72 bits per heavy atom. The summed E-state index contributed by atoms with van der Waals surface area (Å²) in [6, 6.07) is 19.1. The summed E-state index contributed by atoms with van der Waals surface area (Å²) in [6.07, 6.45) is 1.47. The Hall–Kier alpha value is -4.02. The summed E-state index contributed by atoms with van der Waals surface area (Å²) >= 11 is 2.72. The summed E-state index contributed by atoms with van der Waals surface area (Å²) in [7, 11) is 1.35. The molecule has 0 amide bonds. The Morgan fingerprint density at radius 1 is 1.03 bits per heavy atom. The number of aromatic nitrogens is 4. The Labute approximate surface area is 214 Å². The summed E-state index contributed by atoms with van der Waals surface area (Å²) < 4.78 is 2.18. The average Bonchev–Trinajstić information content (AvgIpc) is 3.35. The van der Waals surface area contributed by atoms with Crippen LogP contribution in [0.4, 0.5) is 5.82 Å². The van der Waals surface area contributed by atoms with Crippen LogP contribution in [0.25, 0.3) is 21.3 Å². The molecule has 3 aromatic heterocycles. The van der Waals surface area contributed by atoms with Crippen molar-refractivity contribution in [3.8, 4) is 11.1 Å². The second-order valence-corrected chi connectivity index (χ2v) is 9.89. The van der Waals surface area contributed by atoms with Crippen LogP contribution < -0.4 is 17.0 Å². The number of anilines is 1. The molecule has 3 heterocycles. The molecule has 8 nitrogen and oxygen atoms in total. The largest absolute Gasteiger partial charge is 0.384 e. The van der Waals surface area contributed by atoms with Gasteiger partial charge in [-0.15, -0.1) is 11.3 Å². The van der Waals surface area contributed by atoms with Gasteiger partial charge in [-0.05, 0) is 11.1 Å². The summed E-state index contributed by atoms with van der Waals surface area (Å²) in [5.41, 5.74) is 7.60. The van der Waals surface area contributed by atoms with Crippen molar-refractivity contribution in [1.29, 1.82) is 0 Å². The predicted molar refractivity (Wildman–Crippen MR) is 144 cm³/mol. The van der Waals surface area contributed by atoms with E-state index in [1.165, 1.54) is 41.0 Å². The smallest absolute Gasteiger partial charge is 0.332 e. The van der Waals surface area contributed by atoms with Gasteiger partial charge in [0, 0.05) is 18.0 Å². The van der Waals surface area contributed by atoms with Crippen molar-refractivity contribution in [2.45, 2.75) is 11.6 Å². The number of nitrogens with two attached hydrogens (primary N) is 1. The highest BCUT2D eigenvalue weighted by Crippen LogP contribution is 2.37. The molecule has 10 heteroatoms. The Morgan fingerprint density at radius 3 is 2.44 bits per heavy atom. The molecule has 0 bridgehead atoms. The fraction of sp³-hybridized carbons (Fsp3) is 0.115. The molecular formula is C26H21N5O3S2. The number of hydrogen-bond acceptors (Lipinski definition) is 8. The van der Waals surface area contributed by atoms with E-state index >= 15 is 0 Å².